The Labute approximate surface area is 93.8 Å². The second-order valence-corrected chi connectivity index (χ2v) is 5.13. The van der Waals surface area contributed by atoms with Gasteiger partial charge in [-0.2, -0.15) is 0 Å². The number of morpholine rings is 1. The molecule has 2 fully saturated rings. The van der Waals surface area contributed by atoms with Crippen LogP contribution >= 0.6 is 0 Å². The molecule has 0 aromatic carbocycles. The van der Waals surface area contributed by atoms with E-state index in [9.17, 15) is 0 Å². The van der Waals surface area contributed by atoms with E-state index in [1.54, 1.807) is 0 Å². The van der Waals surface area contributed by atoms with Crippen LogP contribution in [0.25, 0.3) is 0 Å². The average Bonchev–Trinajstić information content (AvgIpc) is 2.72. The van der Waals surface area contributed by atoms with Gasteiger partial charge in [-0.25, -0.2) is 0 Å². The van der Waals surface area contributed by atoms with Gasteiger partial charge in [-0.05, 0) is 18.8 Å². The standard InChI is InChI=1S/C13H25NO/c1-3-11(4-2)12-13(7-5-6-8-13)15-10-9-14-12/h11-12,14H,3-10H2,1-2H3. The summed E-state index contributed by atoms with van der Waals surface area (Å²) in [6, 6.07) is 0.615. The van der Waals surface area contributed by atoms with Crippen molar-refractivity contribution in [3.63, 3.8) is 0 Å². The van der Waals surface area contributed by atoms with Crippen molar-refractivity contribution in [1.29, 1.82) is 0 Å². The van der Waals surface area contributed by atoms with Crippen molar-refractivity contribution in [2.45, 2.75) is 64.0 Å². The lowest BCUT2D eigenvalue weighted by Crippen LogP contribution is -2.59. The lowest BCUT2D eigenvalue weighted by atomic mass is 9.79. The quantitative estimate of drug-likeness (QED) is 0.775. The van der Waals surface area contributed by atoms with Gasteiger partial charge in [0.15, 0.2) is 0 Å². The van der Waals surface area contributed by atoms with Gasteiger partial charge >= 0.3 is 0 Å². The van der Waals surface area contributed by atoms with Crippen molar-refractivity contribution < 1.29 is 4.74 Å². The Balaban J connectivity index is 2.11. The Hall–Kier alpha value is -0.0800. The van der Waals surface area contributed by atoms with Crippen LogP contribution in [0, 0.1) is 5.92 Å². The summed E-state index contributed by atoms with van der Waals surface area (Å²) < 4.78 is 6.16. The minimum atomic E-state index is 0.203. The first kappa shape index (κ1) is 11.4. The number of nitrogens with one attached hydrogen (secondary N) is 1. The van der Waals surface area contributed by atoms with E-state index < -0.39 is 0 Å². The Bertz CT molecular complexity index is 195. The van der Waals surface area contributed by atoms with Crippen LogP contribution < -0.4 is 5.32 Å². The van der Waals surface area contributed by atoms with Crippen molar-refractivity contribution in [2.75, 3.05) is 13.2 Å². The van der Waals surface area contributed by atoms with Crippen LogP contribution in [0.3, 0.4) is 0 Å². The first-order valence-corrected chi connectivity index (χ1v) is 6.69. The minimum absolute atomic E-state index is 0.203. The highest BCUT2D eigenvalue weighted by atomic mass is 16.5. The number of hydrogen-bond donors (Lipinski definition) is 1. The van der Waals surface area contributed by atoms with Gasteiger partial charge < -0.3 is 10.1 Å². The molecule has 0 aromatic heterocycles. The van der Waals surface area contributed by atoms with Crippen LogP contribution in [0.4, 0.5) is 0 Å². The molecule has 1 saturated heterocycles. The van der Waals surface area contributed by atoms with Crippen LogP contribution in [0.15, 0.2) is 0 Å². The van der Waals surface area contributed by atoms with Gasteiger partial charge in [0.1, 0.15) is 0 Å². The number of ether oxygens (including phenoxy) is 1. The van der Waals surface area contributed by atoms with Crippen LogP contribution in [0.2, 0.25) is 0 Å². The molecule has 1 atom stereocenters. The van der Waals surface area contributed by atoms with E-state index in [0.717, 1.165) is 19.1 Å². The van der Waals surface area contributed by atoms with Gasteiger partial charge in [-0.15, -0.1) is 0 Å². The summed E-state index contributed by atoms with van der Waals surface area (Å²) in [6.45, 7) is 6.58. The summed E-state index contributed by atoms with van der Waals surface area (Å²) in [5, 5.41) is 3.73. The Morgan fingerprint density at radius 2 is 1.93 bits per heavy atom. The largest absolute Gasteiger partial charge is 0.372 e. The molecule has 88 valence electrons. The average molecular weight is 211 g/mol. The molecule has 1 heterocycles. The molecule has 15 heavy (non-hydrogen) atoms. The third-order valence-corrected chi connectivity index (χ3v) is 4.39. The monoisotopic (exact) mass is 211 g/mol. The second kappa shape index (κ2) is 4.84. The molecule has 1 aliphatic carbocycles. The summed E-state index contributed by atoms with van der Waals surface area (Å²) in [5.41, 5.74) is 0.203. The molecule has 1 N–H and O–H groups in total. The summed E-state index contributed by atoms with van der Waals surface area (Å²) >= 11 is 0. The van der Waals surface area contributed by atoms with Crippen LogP contribution in [0.5, 0.6) is 0 Å². The highest BCUT2D eigenvalue weighted by Gasteiger charge is 2.46. The number of hydrogen-bond acceptors (Lipinski definition) is 2. The lowest BCUT2D eigenvalue weighted by Gasteiger charge is -2.45. The molecule has 1 spiro atoms. The fourth-order valence-electron chi connectivity index (χ4n) is 3.53. The third kappa shape index (κ3) is 2.07. The zero-order valence-corrected chi connectivity index (χ0v) is 10.2. The summed E-state index contributed by atoms with van der Waals surface area (Å²) in [6.07, 6.45) is 7.83. The van der Waals surface area contributed by atoms with E-state index >= 15 is 0 Å². The zero-order chi connectivity index (χ0) is 10.7. The second-order valence-electron chi connectivity index (χ2n) is 5.13. The zero-order valence-electron chi connectivity index (χ0n) is 10.2. The highest BCUT2D eigenvalue weighted by Crippen LogP contribution is 2.41. The maximum atomic E-state index is 6.16. The first-order valence-electron chi connectivity index (χ1n) is 6.69. The molecule has 2 heteroatoms. The van der Waals surface area contributed by atoms with Crippen molar-refractivity contribution in [1.82, 2.24) is 5.32 Å². The normalized spacial score (nSPS) is 30.2. The third-order valence-electron chi connectivity index (χ3n) is 4.39. The minimum Gasteiger partial charge on any atom is -0.372 e. The Morgan fingerprint density at radius 3 is 2.53 bits per heavy atom. The first-order chi connectivity index (χ1) is 7.32. The van der Waals surface area contributed by atoms with Crippen LogP contribution in [0.1, 0.15) is 52.4 Å². The van der Waals surface area contributed by atoms with Gasteiger partial charge in [0, 0.05) is 12.6 Å². The predicted octanol–water partition coefficient (Wildman–Crippen LogP) is 2.72. The molecular weight excluding hydrogens is 186 g/mol. The fraction of sp³-hybridized carbons (Fsp3) is 1.00. The number of rotatable bonds is 3. The van der Waals surface area contributed by atoms with E-state index in [0.29, 0.717) is 6.04 Å². The SMILES string of the molecule is CCC(CC)C1NCCOC12CCCC2. The Kier molecular flexibility index (Phi) is 3.68. The van der Waals surface area contributed by atoms with Gasteiger partial charge in [0.25, 0.3) is 0 Å². The van der Waals surface area contributed by atoms with E-state index in [1.807, 2.05) is 0 Å². The topological polar surface area (TPSA) is 21.3 Å². The maximum absolute atomic E-state index is 6.16. The van der Waals surface area contributed by atoms with Crippen molar-refractivity contribution in [3.8, 4) is 0 Å². The van der Waals surface area contributed by atoms with Gasteiger partial charge in [0.05, 0.1) is 12.2 Å². The highest BCUT2D eigenvalue weighted by molar-refractivity contribution is 5.01. The molecule has 2 nitrogen and oxygen atoms in total. The molecule has 0 aromatic rings. The van der Waals surface area contributed by atoms with E-state index in [1.165, 1.54) is 38.5 Å². The fourth-order valence-corrected chi connectivity index (χ4v) is 3.53. The van der Waals surface area contributed by atoms with Gasteiger partial charge in [0.2, 0.25) is 0 Å². The van der Waals surface area contributed by atoms with Crippen molar-refractivity contribution in [2.24, 2.45) is 5.92 Å². The molecule has 1 unspecified atom stereocenters. The van der Waals surface area contributed by atoms with Crippen molar-refractivity contribution >= 4 is 0 Å². The molecule has 2 rings (SSSR count). The van der Waals surface area contributed by atoms with E-state index in [2.05, 4.69) is 19.2 Å². The van der Waals surface area contributed by atoms with Gasteiger partial charge in [-0.1, -0.05) is 39.5 Å². The Morgan fingerprint density at radius 1 is 1.27 bits per heavy atom. The maximum Gasteiger partial charge on any atom is 0.0838 e. The summed E-state index contributed by atoms with van der Waals surface area (Å²) in [5.74, 6) is 0.795. The molecule has 0 bridgehead atoms. The molecule has 0 amide bonds. The van der Waals surface area contributed by atoms with Crippen molar-refractivity contribution in [3.05, 3.63) is 0 Å². The summed E-state index contributed by atoms with van der Waals surface area (Å²) in [4.78, 5) is 0. The molecular formula is C13H25NO. The lowest BCUT2D eigenvalue weighted by molar-refractivity contribution is -0.107. The van der Waals surface area contributed by atoms with E-state index in [4.69, 9.17) is 4.74 Å². The molecule has 2 aliphatic rings. The smallest absolute Gasteiger partial charge is 0.0838 e. The van der Waals surface area contributed by atoms with Gasteiger partial charge in [-0.3, -0.25) is 0 Å². The molecule has 1 saturated carbocycles. The molecule has 1 aliphatic heterocycles. The van der Waals surface area contributed by atoms with Crippen LogP contribution in [-0.4, -0.2) is 24.8 Å². The van der Waals surface area contributed by atoms with Crippen LogP contribution in [-0.2, 0) is 4.74 Å². The molecule has 0 radical (unpaired) electrons. The summed E-state index contributed by atoms with van der Waals surface area (Å²) in [7, 11) is 0. The van der Waals surface area contributed by atoms with E-state index in [-0.39, 0.29) is 5.60 Å². The predicted molar refractivity (Wildman–Crippen MR) is 63.0 cm³/mol.